The molecule has 0 spiro atoms. The molecule has 3 aromatic rings. The van der Waals surface area contributed by atoms with E-state index in [-0.39, 0.29) is 4.87 Å². The van der Waals surface area contributed by atoms with Crippen LogP contribution >= 0.6 is 11.3 Å². The Balaban J connectivity index is 2.10. The highest BCUT2D eigenvalue weighted by Crippen LogP contribution is 2.23. The maximum atomic E-state index is 11.8. The largest absolute Gasteiger partial charge is 0.417 e. The van der Waals surface area contributed by atoms with Crippen molar-refractivity contribution in [1.82, 2.24) is 9.55 Å². The number of fused-ring (bicyclic) bond motifs is 1. The number of oxazole rings is 1. The summed E-state index contributed by atoms with van der Waals surface area (Å²) in [6.45, 7) is 1.12. The molecule has 0 amide bonds. The van der Waals surface area contributed by atoms with Gasteiger partial charge in [0, 0.05) is 17.5 Å². The van der Waals surface area contributed by atoms with E-state index in [0.29, 0.717) is 24.2 Å². The zero-order valence-corrected chi connectivity index (χ0v) is 11.4. The molecule has 20 heavy (non-hydrogen) atoms. The molecule has 3 N–H and O–H groups in total. The van der Waals surface area contributed by atoms with Gasteiger partial charge in [-0.2, -0.15) is 0 Å². The first kappa shape index (κ1) is 12.9. The van der Waals surface area contributed by atoms with Gasteiger partial charge in [0.2, 0.25) is 0 Å². The Hall–Kier alpha value is -2.12. The Labute approximate surface area is 117 Å². The molecule has 0 aliphatic rings. The van der Waals surface area contributed by atoms with Gasteiger partial charge in [0.15, 0.2) is 5.58 Å². The summed E-state index contributed by atoms with van der Waals surface area (Å²) in [5, 5.41) is 1.81. The molecular weight excluding hydrogens is 278 g/mol. The molecule has 0 aliphatic heterocycles. The Morgan fingerprint density at radius 1 is 1.35 bits per heavy atom. The van der Waals surface area contributed by atoms with Crippen molar-refractivity contribution < 1.29 is 4.42 Å². The highest BCUT2D eigenvalue weighted by atomic mass is 32.1. The number of aromatic amines is 1. The van der Waals surface area contributed by atoms with Crippen molar-refractivity contribution in [2.45, 2.75) is 13.0 Å². The van der Waals surface area contributed by atoms with E-state index >= 15 is 0 Å². The lowest BCUT2D eigenvalue weighted by Gasteiger charge is -2.06. The van der Waals surface area contributed by atoms with Crippen LogP contribution in [0.15, 0.2) is 37.6 Å². The van der Waals surface area contributed by atoms with Gasteiger partial charge < -0.3 is 10.2 Å². The highest BCUT2D eigenvalue weighted by Gasteiger charge is 2.10. The third kappa shape index (κ3) is 2.21. The van der Waals surface area contributed by atoms with Crippen molar-refractivity contribution in [3.05, 3.63) is 43.8 Å². The third-order valence-electron chi connectivity index (χ3n) is 3.09. The second-order valence-corrected chi connectivity index (χ2v) is 5.23. The molecule has 0 atom stereocenters. The molecule has 6 nitrogen and oxygen atoms in total. The Kier molecular flexibility index (Phi) is 3.29. The van der Waals surface area contributed by atoms with Crippen LogP contribution in [0.2, 0.25) is 0 Å². The van der Waals surface area contributed by atoms with Gasteiger partial charge in [0.1, 0.15) is 0 Å². The van der Waals surface area contributed by atoms with Crippen LogP contribution in [0.5, 0.6) is 0 Å². The fourth-order valence-electron chi connectivity index (χ4n) is 2.12. The van der Waals surface area contributed by atoms with Gasteiger partial charge in [-0.3, -0.25) is 14.3 Å². The summed E-state index contributed by atoms with van der Waals surface area (Å²) >= 11 is 1.15. The number of thiazole rings is 1. The SMILES string of the molecule is NCCCn1c(-c2ccc3[nH]c(=O)oc3c2)csc1=O. The van der Waals surface area contributed by atoms with Crippen LogP contribution in [0.3, 0.4) is 0 Å². The number of rotatable bonds is 4. The number of nitrogens with one attached hydrogen (secondary N) is 1. The van der Waals surface area contributed by atoms with Crippen molar-refractivity contribution in [3.8, 4) is 11.3 Å². The van der Waals surface area contributed by atoms with Gasteiger partial charge in [-0.15, -0.1) is 0 Å². The normalized spacial score (nSPS) is 11.2. The van der Waals surface area contributed by atoms with Gasteiger partial charge in [-0.1, -0.05) is 17.4 Å². The smallest absolute Gasteiger partial charge is 0.408 e. The van der Waals surface area contributed by atoms with E-state index < -0.39 is 5.76 Å². The summed E-state index contributed by atoms with van der Waals surface area (Å²) in [4.78, 5) is 25.6. The Morgan fingerprint density at radius 2 is 2.20 bits per heavy atom. The molecular formula is C13H13N3O3S. The van der Waals surface area contributed by atoms with Crippen molar-refractivity contribution in [1.29, 1.82) is 0 Å². The minimum absolute atomic E-state index is 0.0101. The molecule has 7 heteroatoms. The highest BCUT2D eigenvalue weighted by molar-refractivity contribution is 7.07. The molecule has 104 valence electrons. The molecule has 3 rings (SSSR count). The lowest BCUT2D eigenvalue weighted by molar-refractivity contribution is 0.555. The average Bonchev–Trinajstić information content (AvgIpc) is 2.97. The lowest BCUT2D eigenvalue weighted by Crippen LogP contribution is -2.16. The topological polar surface area (TPSA) is 94.0 Å². The molecule has 1 aromatic carbocycles. The molecule has 0 saturated heterocycles. The van der Waals surface area contributed by atoms with E-state index in [0.717, 1.165) is 29.0 Å². The first-order chi connectivity index (χ1) is 9.69. The van der Waals surface area contributed by atoms with E-state index in [1.54, 1.807) is 16.7 Å². The predicted molar refractivity (Wildman–Crippen MR) is 78.1 cm³/mol. The molecule has 2 aromatic heterocycles. The third-order valence-corrected chi connectivity index (χ3v) is 3.85. The van der Waals surface area contributed by atoms with Crippen molar-refractivity contribution in [3.63, 3.8) is 0 Å². The van der Waals surface area contributed by atoms with Gasteiger partial charge in [0.05, 0.1) is 11.2 Å². The Morgan fingerprint density at radius 3 is 3.00 bits per heavy atom. The molecule has 0 saturated carbocycles. The van der Waals surface area contributed by atoms with E-state index in [2.05, 4.69) is 4.98 Å². The average molecular weight is 291 g/mol. The first-order valence-electron chi connectivity index (χ1n) is 6.20. The summed E-state index contributed by atoms with van der Waals surface area (Å²) in [7, 11) is 0. The van der Waals surface area contributed by atoms with E-state index in [9.17, 15) is 9.59 Å². The van der Waals surface area contributed by atoms with Crippen LogP contribution in [0, 0.1) is 0 Å². The zero-order chi connectivity index (χ0) is 14.1. The monoisotopic (exact) mass is 291 g/mol. The number of nitrogens with two attached hydrogens (primary N) is 1. The van der Waals surface area contributed by atoms with Crippen LogP contribution in [0.25, 0.3) is 22.4 Å². The number of nitrogens with zero attached hydrogens (tertiary/aromatic N) is 1. The molecule has 0 fully saturated rings. The van der Waals surface area contributed by atoms with Gasteiger partial charge in [-0.05, 0) is 25.1 Å². The Bertz CT molecular complexity index is 855. The number of hydrogen-bond donors (Lipinski definition) is 2. The summed E-state index contributed by atoms with van der Waals surface area (Å²) in [5.41, 5.74) is 8.28. The quantitative estimate of drug-likeness (QED) is 0.759. The van der Waals surface area contributed by atoms with Crippen LogP contribution < -0.4 is 16.4 Å². The predicted octanol–water partition coefficient (Wildman–Crippen LogP) is 1.36. The summed E-state index contributed by atoms with van der Waals surface area (Å²) in [6.07, 6.45) is 0.741. The van der Waals surface area contributed by atoms with Gasteiger partial charge in [0.25, 0.3) is 0 Å². The maximum absolute atomic E-state index is 11.8. The lowest BCUT2D eigenvalue weighted by atomic mass is 10.1. The van der Waals surface area contributed by atoms with Crippen LogP contribution in [-0.2, 0) is 6.54 Å². The molecule has 0 bridgehead atoms. The van der Waals surface area contributed by atoms with Crippen molar-refractivity contribution in [2.24, 2.45) is 5.73 Å². The van der Waals surface area contributed by atoms with Crippen LogP contribution in [0.4, 0.5) is 0 Å². The zero-order valence-electron chi connectivity index (χ0n) is 10.6. The van der Waals surface area contributed by atoms with Crippen molar-refractivity contribution >= 4 is 22.4 Å². The fourth-order valence-corrected chi connectivity index (χ4v) is 2.91. The van der Waals surface area contributed by atoms with Crippen LogP contribution in [-0.4, -0.2) is 16.1 Å². The summed E-state index contributed by atoms with van der Waals surface area (Å²) < 4.78 is 6.74. The number of benzene rings is 1. The van der Waals surface area contributed by atoms with Crippen LogP contribution in [0.1, 0.15) is 6.42 Å². The number of aromatic nitrogens is 2. The van der Waals surface area contributed by atoms with E-state index in [4.69, 9.17) is 10.2 Å². The minimum atomic E-state index is -0.483. The number of H-pyrrole nitrogens is 1. The van der Waals surface area contributed by atoms with Gasteiger partial charge in [-0.25, -0.2) is 4.79 Å². The van der Waals surface area contributed by atoms with E-state index in [1.807, 2.05) is 11.4 Å². The van der Waals surface area contributed by atoms with Crippen molar-refractivity contribution in [2.75, 3.05) is 6.54 Å². The minimum Gasteiger partial charge on any atom is -0.408 e. The summed E-state index contributed by atoms with van der Waals surface area (Å²) in [6, 6.07) is 5.38. The van der Waals surface area contributed by atoms with Gasteiger partial charge >= 0.3 is 10.6 Å². The molecule has 0 aliphatic carbocycles. The standard InChI is InChI=1S/C13H13N3O3S/c14-4-1-5-16-10(7-20-13(16)18)8-2-3-9-11(6-8)19-12(17)15-9/h2-3,6-7H,1,4-5,14H2,(H,15,17). The number of hydrogen-bond acceptors (Lipinski definition) is 5. The summed E-state index contributed by atoms with van der Waals surface area (Å²) in [5.74, 6) is -0.483. The molecule has 0 radical (unpaired) electrons. The molecule has 0 unspecified atom stereocenters. The second-order valence-electron chi connectivity index (χ2n) is 4.41. The second kappa shape index (κ2) is 5.10. The maximum Gasteiger partial charge on any atom is 0.417 e. The fraction of sp³-hybridized carbons (Fsp3) is 0.231. The van der Waals surface area contributed by atoms with E-state index in [1.165, 1.54) is 0 Å². The first-order valence-corrected chi connectivity index (χ1v) is 7.08. The molecule has 2 heterocycles.